The van der Waals surface area contributed by atoms with Crippen molar-refractivity contribution in [2.75, 3.05) is 5.32 Å². The highest BCUT2D eigenvalue weighted by Gasteiger charge is 2.12. The summed E-state index contributed by atoms with van der Waals surface area (Å²) >= 11 is 6.22. The van der Waals surface area contributed by atoms with Crippen molar-refractivity contribution in [1.29, 1.82) is 0 Å². The molecule has 0 bridgehead atoms. The molecular weight excluding hydrogens is 265 g/mol. The predicted octanol–water partition coefficient (Wildman–Crippen LogP) is 3.92. The zero-order chi connectivity index (χ0) is 14.0. The number of halogens is 2. The third-order valence-electron chi connectivity index (χ3n) is 3.08. The second kappa shape index (κ2) is 5.61. The number of aromatic nitrogens is 2. The fourth-order valence-corrected chi connectivity index (χ4v) is 2.13. The monoisotopic (exact) mass is 281 g/mol. The molecule has 0 saturated carbocycles. The molecule has 1 heterocycles. The largest absolute Gasteiger partial charge is 0.379 e. The number of aryl methyl sites for hydroxylation is 3. The maximum Gasteiger partial charge on any atom is 0.128 e. The van der Waals surface area contributed by atoms with Gasteiger partial charge in [-0.1, -0.05) is 17.7 Å². The third kappa shape index (κ3) is 2.89. The van der Waals surface area contributed by atoms with E-state index in [-0.39, 0.29) is 5.82 Å². The Hall–Kier alpha value is -1.55. The Morgan fingerprint density at radius 3 is 2.74 bits per heavy atom. The van der Waals surface area contributed by atoms with E-state index in [1.165, 1.54) is 6.07 Å². The fourth-order valence-electron chi connectivity index (χ4n) is 1.93. The lowest BCUT2D eigenvalue weighted by Gasteiger charge is -2.09. The quantitative estimate of drug-likeness (QED) is 0.920. The van der Waals surface area contributed by atoms with Crippen LogP contribution < -0.4 is 5.32 Å². The van der Waals surface area contributed by atoms with Crippen molar-refractivity contribution >= 4 is 17.3 Å². The highest BCUT2D eigenvalue weighted by molar-refractivity contribution is 6.31. The van der Waals surface area contributed by atoms with Gasteiger partial charge in [-0.15, -0.1) is 0 Å². The molecule has 0 unspecified atom stereocenters. The highest BCUT2D eigenvalue weighted by atomic mass is 35.5. The van der Waals surface area contributed by atoms with Crippen molar-refractivity contribution in [3.63, 3.8) is 0 Å². The summed E-state index contributed by atoms with van der Waals surface area (Å²) in [4.78, 5) is 0. The van der Waals surface area contributed by atoms with Gasteiger partial charge >= 0.3 is 0 Å². The molecule has 1 aromatic heterocycles. The first kappa shape index (κ1) is 13.9. The molecule has 2 rings (SSSR count). The second-order valence-corrected chi connectivity index (χ2v) is 4.86. The minimum Gasteiger partial charge on any atom is -0.379 e. The number of anilines is 1. The zero-order valence-corrected chi connectivity index (χ0v) is 12.1. The Morgan fingerprint density at radius 2 is 2.11 bits per heavy atom. The van der Waals surface area contributed by atoms with Crippen molar-refractivity contribution in [2.45, 2.75) is 33.9 Å². The summed E-state index contributed by atoms with van der Waals surface area (Å²) in [5, 5.41) is 8.18. The topological polar surface area (TPSA) is 29.9 Å². The SMILES string of the molecule is CCn1nc(C)c(Cl)c1CNc1ccc(C)c(F)c1. The molecular formula is C14H17ClFN3. The summed E-state index contributed by atoms with van der Waals surface area (Å²) in [6.45, 7) is 6.91. The molecule has 0 amide bonds. The molecule has 0 spiro atoms. The van der Waals surface area contributed by atoms with Crippen LogP contribution in [-0.2, 0) is 13.1 Å². The third-order valence-corrected chi connectivity index (χ3v) is 3.58. The van der Waals surface area contributed by atoms with Gasteiger partial charge in [0, 0.05) is 12.2 Å². The van der Waals surface area contributed by atoms with Crippen molar-refractivity contribution in [1.82, 2.24) is 9.78 Å². The lowest BCUT2D eigenvalue weighted by molar-refractivity contribution is 0.617. The number of nitrogens with zero attached hydrogens (tertiary/aromatic N) is 2. The molecule has 102 valence electrons. The first-order valence-corrected chi connectivity index (χ1v) is 6.62. The van der Waals surface area contributed by atoms with Crippen LogP contribution in [0.3, 0.4) is 0 Å². The number of hydrogen-bond acceptors (Lipinski definition) is 2. The summed E-state index contributed by atoms with van der Waals surface area (Å²) in [5.41, 5.74) is 3.11. The van der Waals surface area contributed by atoms with E-state index in [2.05, 4.69) is 10.4 Å². The minimum atomic E-state index is -0.212. The molecule has 0 fully saturated rings. The molecule has 5 heteroatoms. The van der Waals surface area contributed by atoms with Gasteiger partial charge in [-0.05, 0) is 38.5 Å². The van der Waals surface area contributed by atoms with Gasteiger partial charge in [-0.2, -0.15) is 5.10 Å². The van der Waals surface area contributed by atoms with Gasteiger partial charge in [0.2, 0.25) is 0 Å². The average Bonchev–Trinajstić information content (AvgIpc) is 2.67. The maximum atomic E-state index is 13.5. The Labute approximate surface area is 117 Å². The summed E-state index contributed by atoms with van der Waals surface area (Å²) < 4.78 is 15.3. The summed E-state index contributed by atoms with van der Waals surface area (Å²) in [5.74, 6) is -0.212. The van der Waals surface area contributed by atoms with Crippen LogP contribution in [0.4, 0.5) is 10.1 Å². The Balaban J connectivity index is 2.16. The summed E-state index contributed by atoms with van der Waals surface area (Å²) in [6.07, 6.45) is 0. The van der Waals surface area contributed by atoms with Crippen molar-refractivity contribution in [3.05, 3.63) is 46.0 Å². The molecule has 0 atom stereocenters. The standard InChI is InChI=1S/C14H17ClFN3/c1-4-19-13(14(15)10(3)18-19)8-17-11-6-5-9(2)12(16)7-11/h5-7,17H,4,8H2,1-3H3. The molecule has 0 aliphatic heterocycles. The van der Waals surface area contributed by atoms with Gasteiger partial charge in [-0.3, -0.25) is 4.68 Å². The van der Waals surface area contributed by atoms with Gasteiger partial charge in [0.15, 0.2) is 0 Å². The Morgan fingerprint density at radius 1 is 1.37 bits per heavy atom. The van der Waals surface area contributed by atoms with Crippen LogP contribution in [0.15, 0.2) is 18.2 Å². The molecule has 0 aliphatic rings. The highest BCUT2D eigenvalue weighted by Crippen LogP contribution is 2.22. The van der Waals surface area contributed by atoms with E-state index in [0.717, 1.165) is 23.6 Å². The average molecular weight is 282 g/mol. The molecule has 1 aromatic carbocycles. The van der Waals surface area contributed by atoms with Crippen LogP contribution in [0.2, 0.25) is 5.02 Å². The fraction of sp³-hybridized carbons (Fsp3) is 0.357. The van der Waals surface area contributed by atoms with E-state index in [1.807, 2.05) is 24.6 Å². The molecule has 1 N–H and O–H groups in total. The smallest absolute Gasteiger partial charge is 0.128 e. The van der Waals surface area contributed by atoms with Crippen LogP contribution >= 0.6 is 11.6 Å². The molecule has 19 heavy (non-hydrogen) atoms. The molecule has 2 aromatic rings. The number of benzene rings is 1. The van der Waals surface area contributed by atoms with Gasteiger partial charge in [-0.25, -0.2) is 4.39 Å². The lowest BCUT2D eigenvalue weighted by atomic mass is 10.2. The van der Waals surface area contributed by atoms with Crippen LogP contribution in [0, 0.1) is 19.7 Å². The number of nitrogens with one attached hydrogen (secondary N) is 1. The Bertz CT molecular complexity index is 593. The van der Waals surface area contributed by atoms with Crippen LogP contribution in [-0.4, -0.2) is 9.78 Å². The van der Waals surface area contributed by atoms with Gasteiger partial charge in [0.05, 0.1) is 23.0 Å². The van der Waals surface area contributed by atoms with Crippen molar-refractivity contribution < 1.29 is 4.39 Å². The summed E-state index contributed by atoms with van der Waals surface area (Å²) in [6, 6.07) is 5.09. The van der Waals surface area contributed by atoms with E-state index < -0.39 is 0 Å². The number of rotatable bonds is 4. The van der Waals surface area contributed by atoms with Gasteiger partial charge < -0.3 is 5.32 Å². The van der Waals surface area contributed by atoms with Gasteiger partial charge in [0.25, 0.3) is 0 Å². The number of hydrogen-bond donors (Lipinski definition) is 1. The van der Waals surface area contributed by atoms with E-state index in [4.69, 9.17) is 11.6 Å². The van der Waals surface area contributed by atoms with E-state index in [1.54, 1.807) is 13.0 Å². The molecule has 0 saturated heterocycles. The van der Waals surface area contributed by atoms with E-state index in [0.29, 0.717) is 17.1 Å². The first-order chi connectivity index (χ1) is 9.02. The van der Waals surface area contributed by atoms with E-state index >= 15 is 0 Å². The van der Waals surface area contributed by atoms with Crippen LogP contribution in [0.5, 0.6) is 0 Å². The maximum absolute atomic E-state index is 13.5. The lowest BCUT2D eigenvalue weighted by Crippen LogP contribution is -2.08. The normalized spacial score (nSPS) is 10.8. The van der Waals surface area contributed by atoms with Gasteiger partial charge in [0.1, 0.15) is 5.82 Å². The van der Waals surface area contributed by atoms with E-state index in [9.17, 15) is 4.39 Å². The van der Waals surface area contributed by atoms with Crippen LogP contribution in [0.1, 0.15) is 23.9 Å². The zero-order valence-electron chi connectivity index (χ0n) is 11.3. The first-order valence-electron chi connectivity index (χ1n) is 6.24. The van der Waals surface area contributed by atoms with Crippen molar-refractivity contribution in [2.24, 2.45) is 0 Å². The molecule has 3 nitrogen and oxygen atoms in total. The van der Waals surface area contributed by atoms with Crippen LogP contribution in [0.25, 0.3) is 0 Å². The molecule has 0 aliphatic carbocycles. The Kier molecular flexibility index (Phi) is 4.10. The molecule has 0 radical (unpaired) electrons. The predicted molar refractivity (Wildman–Crippen MR) is 76.1 cm³/mol. The van der Waals surface area contributed by atoms with Crippen molar-refractivity contribution in [3.8, 4) is 0 Å². The summed E-state index contributed by atoms with van der Waals surface area (Å²) in [7, 11) is 0. The second-order valence-electron chi connectivity index (χ2n) is 4.48. The minimum absolute atomic E-state index is 0.212.